The molecule has 9 heteroatoms. The van der Waals surface area contributed by atoms with Crippen LogP contribution >= 0.6 is 0 Å². The molecule has 8 nitrogen and oxygen atoms in total. The molecule has 3 atom stereocenters. The van der Waals surface area contributed by atoms with E-state index >= 15 is 4.39 Å². The van der Waals surface area contributed by atoms with E-state index in [-0.39, 0.29) is 23.4 Å². The second-order valence-corrected chi connectivity index (χ2v) is 9.69. The zero-order valence-electron chi connectivity index (χ0n) is 18.5. The van der Waals surface area contributed by atoms with Crippen LogP contribution in [0.1, 0.15) is 52.6 Å². The maximum atomic E-state index is 15.2. The normalized spacial score (nSPS) is 21.5. The van der Waals surface area contributed by atoms with Gasteiger partial charge in [0.15, 0.2) is 0 Å². The Balaban J connectivity index is 1.61. The van der Waals surface area contributed by atoms with Crippen molar-refractivity contribution in [2.45, 2.75) is 65.1 Å². The van der Waals surface area contributed by atoms with Crippen LogP contribution in [-0.2, 0) is 11.2 Å². The lowest BCUT2D eigenvalue weighted by atomic mass is 10.0. The Hall–Kier alpha value is -2.84. The number of anilines is 1. The van der Waals surface area contributed by atoms with Gasteiger partial charge in [-0.2, -0.15) is 0 Å². The Morgan fingerprint density at radius 3 is 2.74 bits per heavy atom. The summed E-state index contributed by atoms with van der Waals surface area (Å²) in [5.41, 5.74) is 0.0961. The van der Waals surface area contributed by atoms with E-state index in [2.05, 4.69) is 10.3 Å². The molecule has 31 heavy (non-hydrogen) atoms. The second-order valence-electron chi connectivity index (χ2n) is 9.69. The van der Waals surface area contributed by atoms with Crippen LogP contribution in [-0.4, -0.2) is 40.4 Å². The molecule has 2 aliphatic rings. The zero-order chi connectivity index (χ0) is 22.7. The number of nitrogens with zero attached hydrogens (tertiary/aromatic N) is 2. The SMILES string of the molecule is CC1Cc2c(N3CC[C@@H]([C@H](C)NC(=O)OC(C)(C)C)C3)c(F)cc3c(=O)[nH]c(=O)n1c23. The van der Waals surface area contributed by atoms with Gasteiger partial charge in [-0.1, -0.05) is 0 Å². The summed E-state index contributed by atoms with van der Waals surface area (Å²) in [5, 5.41) is 3.09. The summed E-state index contributed by atoms with van der Waals surface area (Å²) in [5.74, 6) is -0.337. The van der Waals surface area contributed by atoms with Crippen LogP contribution < -0.4 is 21.5 Å². The van der Waals surface area contributed by atoms with Crippen molar-refractivity contribution < 1.29 is 13.9 Å². The van der Waals surface area contributed by atoms with Crippen molar-refractivity contribution >= 4 is 22.7 Å². The van der Waals surface area contributed by atoms with Gasteiger partial charge in [0.05, 0.1) is 16.6 Å². The lowest BCUT2D eigenvalue weighted by molar-refractivity contribution is 0.0494. The highest BCUT2D eigenvalue weighted by Gasteiger charge is 2.35. The molecule has 0 saturated carbocycles. The molecule has 3 heterocycles. The molecule has 1 aromatic heterocycles. The Labute approximate surface area is 179 Å². The van der Waals surface area contributed by atoms with Crippen LogP contribution in [0.4, 0.5) is 14.9 Å². The highest BCUT2D eigenvalue weighted by atomic mass is 19.1. The number of nitrogens with one attached hydrogen (secondary N) is 2. The molecule has 1 fully saturated rings. The van der Waals surface area contributed by atoms with Crippen molar-refractivity contribution in [1.29, 1.82) is 0 Å². The molecule has 2 aliphatic heterocycles. The minimum atomic E-state index is -0.575. The van der Waals surface area contributed by atoms with Crippen LogP contribution in [0.15, 0.2) is 15.7 Å². The average molecular weight is 432 g/mol. The summed E-state index contributed by atoms with van der Waals surface area (Å²) in [6.07, 6.45) is 0.806. The quantitative estimate of drug-likeness (QED) is 0.777. The lowest BCUT2D eigenvalue weighted by Crippen LogP contribution is -2.42. The molecular formula is C22H29FN4O4. The van der Waals surface area contributed by atoms with Crippen LogP contribution in [0, 0.1) is 11.7 Å². The molecule has 2 aromatic rings. The van der Waals surface area contributed by atoms with Crippen molar-refractivity contribution in [2.24, 2.45) is 5.92 Å². The second kappa shape index (κ2) is 7.39. The molecule has 0 spiro atoms. The molecule has 0 bridgehead atoms. The standard InChI is InChI=1S/C22H29FN4O4/c1-11-8-14-17-15(19(28)25-20(29)27(11)17)9-16(23)18(14)26-7-6-13(10-26)12(2)24-21(30)31-22(3,4)5/h9,11-13H,6-8,10H2,1-5H3,(H,24,30)(H,25,28,29)/t11?,12-,13+/m0/s1. The molecule has 2 N–H and O–H groups in total. The van der Waals surface area contributed by atoms with Gasteiger partial charge in [0.25, 0.3) is 5.56 Å². The fourth-order valence-corrected chi connectivity index (χ4v) is 4.81. The average Bonchev–Trinajstić information content (AvgIpc) is 3.23. The highest BCUT2D eigenvalue weighted by Crippen LogP contribution is 2.40. The van der Waals surface area contributed by atoms with E-state index in [0.29, 0.717) is 36.3 Å². The van der Waals surface area contributed by atoms with Gasteiger partial charge in [0, 0.05) is 30.7 Å². The number of hydrogen-bond acceptors (Lipinski definition) is 5. The van der Waals surface area contributed by atoms with Gasteiger partial charge in [-0.3, -0.25) is 14.3 Å². The van der Waals surface area contributed by atoms with Crippen LogP contribution in [0.5, 0.6) is 0 Å². The minimum absolute atomic E-state index is 0.120. The van der Waals surface area contributed by atoms with E-state index in [1.165, 1.54) is 6.07 Å². The number of benzene rings is 1. The molecule has 1 saturated heterocycles. The van der Waals surface area contributed by atoms with E-state index in [4.69, 9.17) is 4.74 Å². The third kappa shape index (κ3) is 3.81. The fraction of sp³-hybridized carbons (Fsp3) is 0.591. The third-order valence-corrected chi connectivity index (χ3v) is 6.18. The monoisotopic (exact) mass is 432 g/mol. The molecule has 1 amide bonds. The maximum Gasteiger partial charge on any atom is 0.407 e. The van der Waals surface area contributed by atoms with E-state index in [9.17, 15) is 14.4 Å². The first kappa shape index (κ1) is 21.4. The highest BCUT2D eigenvalue weighted by molar-refractivity contribution is 5.89. The van der Waals surface area contributed by atoms with Gasteiger partial charge in [0.2, 0.25) is 0 Å². The Morgan fingerprint density at radius 1 is 1.35 bits per heavy atom. The molecule has 4 rings (SSSR count). The molecule has 0 aliphatic carbocycles. The number of halogens is 1. The number of amides is 1. The van der Waals surface area contributed by atoms with Crippen molar-refractivity contribution in [3.05, 3.63) is 38.3 Å². The Kier molecular flexibility index (Phi) is 5.10. The van der Waals surface area contributed by atoms with Crippen molar-refractivity contribution in [1.82, 2.24) is 14.9 Å². The van der Waals surface area contributed by atoms with Gasteiger partial charge >= 0.3 is 11.8 Å². The van der Waals surface area contributed by atoms with E-state index < -0.39 is 28.8 Å². The molecule has 1 aromatic carbocycles. The summed E-state index contributed by atoms with van der Waals surface area (Å²) in [6.45, 7) is 10.4. The predicted octanol–water partition coefficient (Wildman–Crippen LogP) is 2.69. The third-order valence-electron chi connectivity index (χ3n) is 6.18. The summed E-state index contributed by atoms with van der Waals surface area (Å²) in [7, 11) is 0. The Bertz CT molecular complexity index is 1160. The summed E-state index contributed by atoms with van der Waals surface area (Å²) < 4.78 is 22.1. The number of rotatable bonds is 3. The zero-order valence-corrected chi connectivity index (χ0v) is 18.5. The summed E-state index contributed by atoms with van der Waals surface area (Å²) in [6, 6.07) is 0.932. The number of carbonyl (C=O) groups excluding carboxylic acids is 1. The van der Waals surface area contributed by atoms with E-state index in [1.807, 2.05) is 39.5 Å². The number of hydrogen-bond donors (Lipinski definition) is 2. The van der Waals surface area contributed by atoms with Crippen LogP contribution in [0.3, 0.4) is 0 Å². The van der Waals surface area contributed by atoms with Crippen LogP contribution in [0.2, 0.25) is 0 Å². The van der Waals surface area contributed by atoms with Gasteiger partial charge in [-0.05, 0) is 59.4 Å². The summed E-state index contributed by atoms with van der Waals surface area (Å²) in [4.78, 5) is 41.0. The lowest BCUT2D eigenvalue weighted by Gasteiger charge is -2.26. The van der Waals surface area contributed by atoms with Crippen molar-refractivity contribution in [2.75, 3.05) is 18.0 Å². The number of H-pyrrole nitrogens is 1. The summed E-state index contributed by atoms with van der Waals surface area (Å²) >= 11 is 0. The van der Waals surface area contributed by atoms with Gasteiger partial charge in [0.1, 0.15) is 11.4 Å². The maximum absolute atomic E-state index is 15.2. The van der Waals surface area contributed by atoms with Crippen LogP contribution in [0.25, 0.3) is 10.9 Å². The first-order chi connectivity index (χ1) is 14.5. The molecular weight excluding hydrogens is 403 g/mol. The number of alkyl carbamates (subject to hydrolysis) is 1. The predicted molar refractivity (Wildman–Crippen MR) is 116 cm³/mol. The molecule has 0 radical (unpaired) electrons. The molecule has 1 unspecified atom stereocenters. The minimum Gasteiger partial charge on any atom is -0.444 e. The number of ether oxygens (including phenoxy) is 1. The first-order valence-corrected chi connectivity index (χ1v) is 10.7. The smallest absolute Gasteiger partial charge is 0.407 e. The number of carbonyl (C=O) groups is 1. The van der Waals surface area contributed by atoms with Gasteiger partial charge in [-0.15, -0.1) is 0 Å². The fourth-order valence-electron chi connectivity index (χ4n) is 4.81. The van der Waals surface area contributed by atoms with E-state index in [1.54, 1.807) is 4.57 Å². The topological polar surface area (TPSA) is 96.4 Å². The van der Waals surface area contributed by atoms with E-state index in [0.717, 1.165) is 6.42 Å². The van der Waals surface area contributed by atoms with Crippen molar-refractivity contribution in [3.63, 3.8) is 0 Å². The molecule has 168 valence electrons. The van der Waals surface area contributed by atoms with Gasteiger partial charge in [-0.25, -0.2) is 14.0 Å². The largest absolute Gasteiger partial charge is 0.444 e. The first-order valence-electron chi connectivity index (χ1n) is 10.7. The van der Waals surface area contributed by atoms with Crippen molar-refractivity contribution in [3.8, 4) is 0 Å². The number of aromatic amines is 1. The number of aromatic nitrogens is 2. The Morgan fingerprint density at radius 2 is 2.06 bits per heavy atom. The van der Waals surface area contributed by atoms with Gasteiger partial charge < -0.3 is 15.0 Å².